The first kappa shape index (κ1) is 28.3. The predicted molar refractivity (Wildman–Crippen MR) is 147 cm³/mol. The molecule has 4 rings (SSSR count). The summed E-state index contributed by atoms with van der Waals surface area (Å²) in [5.74, 6) is -2.50. The molecule has 8 nitrogen and oxygen atoms in total. The van der Waals surface area contributed by atoms with Gasteiger partial charge in [0.15, 0.2) is 0 Å². The van der Waals surface area contributed by atoms with Gasteiger partial charge in [-0.05, 0) is 69.1 Å². The standard InChI is InChI=1S/C31H38N2O6/c1-2-39-29(37)24(15-14-22-10-4-3-5-11-22)20-31(18-8-9-19-31)30(38)32-25-17-16-23-12-6-7-13-26(23)33(28(25)36)21-27(34)35/h3-7,10-13,24-25H,2,8-9,14-21H2,1H3,(H,32,38)(H,34,35)/t24-,25+/m1/s1. The first-order valence-corrected chi connectivity index (χ1v) is 14.0. The lowest BCUT2D eigenvalue weighted by Gasteiger charge is -2.33. The summed E-state index contributed by atoms with van der Waals surface area (Å²) in [4.78, 5) is 53.4. The minimum Gasteiger partial charge on any atom is -0.480 e. The van der Waals surface area contributed by atoms with E-state index in [1.807, 2.05) is 42.5 Å². The molecule has 0 spiro atoms. The van der Waals surface area contributed by atoms with Crippen molar-refractivity contribution in [2.75, 3.05) is 18.1 Å². The van der Waals surface area contributed by atoms with Gasteiger partial charge in [0.1, 0.15) is 12.6 Å². The van der Waals surface area contributed by atoms with Crippen molar-refractivity contribution < 1.29 is 29.0 Å². The minimum atomic E-state index is -1.12. The summed E-state index contributed by atoms with van der Waals surface area (Å²) in [5.41, 5.74) is 1.80. The van der Waals surface area contributed by atoms with Crippen molar-refractivity contribution in [1.29, 1.82) is 0 Å². The molecule has 2 N–H and O–H groups in total. The lowest BCUT2D eigenvalue weighted by Crippen LogP contribution is -2.53. The lowest BCUT2D eigenvalue weighted by molar-refractivity contribution is -0.150. The summed E-state index contributed by atoms with van der Waals surface area (Å²) in [7, 11) is 0. The minimum absolute atomic E-state index is 0.228. The van der Waals surface area contributed by atoms with Gasteiger partial charge in [-0.2, -0.15) is 0 Å². The number of para-hydroxylation sites is 1. The van der Waals surface area contributed by atoms with Crippen molar-refractivity contribution in [3.63, 3.8) is 0 Å². The third-order valence-corrected chi connectivity index (χ3v) is 8.07. The van der Waals surface area contributed by atoms with E-state index in [-0.39, 0.29) is 18.5 Å². The van der Waals surface area contributed by atoms with Crippen LogP contribution in [0.2, 0.25) is 0 Å². The number of rotatable bonds is 11. The van der Waals surface area contributed by atoms with Crippen molar-refractivity contribution in [1.82, 2.24) is 5.32 Å². The number of nitrogens with one attached hydrogen (secondary N) is 1. The van der Waals surface area contributed by atoms with Crippen molar-refractivity contribution in [2.24, 2.45) is 11.3 Å². The molecular weight excluding hydrogens is 496 g/mol. The first-order chi connectivity index (χ1) is 18.8. The van der Waals surface area contributed by atoms with Gasteiger partial charge in [0.05, 0.1) is 17.9 Å². The fourth-order valence-corrected chi connectivity index (χ4v) is 6.06. The second-order valence-corrected chi connectivity index (χ2v) is 10.7. The van der Waals surface area contributed by atoms with Gasteiger partial charge in [-0.15, -0.1) is 0 Å². The Bertz CT molecular complexity index is 1170. The molecule has 2 aliphatic rings. The second-order valence-electron chi connectivity index (χ2n) is 10.7. The molecular formula is C31H38N2O6. The quantitative estimate of drug-likeness (QED) is 0.416. The van der Waals surface area contributed by atoms with Gasteiger partial charge >= 0.3 is 11.9 Å². The molecule has 2 aromatic rings. The van der Waals surface area contributed by atoms with Gasteiger partial charge in [0.25, 0.3) is 0 Å². The number of aryl methyl sites for hydroxylation is 2. The summed E-state index contributed by atoms with van der Waals surface area (Å²) in [6, 6.07) is 16.4. The van der Waals surface area contributed by atoms with Crippen LogP contribution in [0.25, 0.3) is 0 Å². The van der Waals surface area contributed by atoms with Crippen LogP contribution in [0.15, 0.2) is 54.6 Å². The van der Waals surface area contributed by atoms with Crippen molar-refractivity contribution in [3.05, 3.63) is 65.7 Å². The number of carbonyl (C=O) groups excluding carboxylic acids is 3. The molecule has 8 heteroatoms. The number of amides is 2. The van der Waals surface area contributed by atoms with Gasteiger partial charge in [-0.3, -0.25) is 24.1 Å². The highest BCUT2D eigenvalue weighted by Gasteiger charge is 2.46. The van der Waals surface area contributed by atoms with Crippen molar-refractivity contribution in [3.8, 4) is 0 Å². The first-order valence-electron chi connectivity index (χ1n) is 14.0. The number of nitrogens with zero attached hydrogens (tertiary/aromatic N) is 1. The summed E-state index contributed by atoms with van der Waals surface area (Å²) in [6.07, 6.45) is 5.58. The molecule has 1 saturated carbocycles. The van der Waals surface area contributed by atoms with E-state index < -0.39 is 35.8 Å². The van der Waals surface area contributed by atoms with Crippen LogP contribution >= 0.6 is 0 Å². The second kappa shape index (κ2) is 12.9. The number of ether oxygens (including phenoxy) is 1. The maximum absolute atomic E-state index is 13.9. The van der Waals surface area contributed by atoms with Crippen LogP contribution in [0, 0.1) is 11.3 Å². The van der Waals surface area contributed by atoms with E-state index in [2.05, 4.69) is 5.32 Å². The fraction of sp³-hybridized carbons (Fsp3) is 0.484. The highest BCUT2D eigenvalue weighted by molar-refractivity contribution is 6.03. The summed E-state index contributed by atoms with van der Waals surface area (Å²) < 4.78 is 5.41. The zero-order valence-electron chi connectivity index (χ0n) is 22.6. The van der Waals surface area contributed by atoms with Crippen LogP contribution in [0.1, 0.15) is 63.0 Å². The molecule has 0 unspecified atom stereocenters. The Labute approximate surface area is 229 Å². The number of aliphatic carboxylic acids is 1. The molecule has 1 aliphatic heterocycles. The van der Waals surface area contributed by atoms with Crippen LogP contribution in [0.4, 0.5) is 5.69 Å². The van der Waals surface area contributed by atoms with Gasteiger partial charge in [-0.25, -0.2) is 0 Å². The average molecular weight is 535 g/mol. The Morgan fingerprint density at radius 3 is 2.46 bits per heavy atom. The molecule has 1 heterocycles. The number of esters is 1. The van der Waals surface area contributed by atoms with Crippen LogP contribution < -0.4 is 10.2 Å². The number of hydrogen-bond donors (Lipinski definition) is 2. The normalized spacial score (nSPS) is 19.1. The number of hydrogen-bond acceptors (Lipinski definition) is 5. The lowest BCUT2D eigenvalue weighted by atomic mass is 9.75. The SMILES string of the molecule is CCOC(=O)[C@H](CCc1ccccc1)CC1(C(=O)N[C@H]2CCc3ccccc3N(CC(=O)O)C2=O)CCCC1. The maximum Gasteiger partial charge on any atom is 0.323 e. The Balaban J connectivity index is 1.53. The Kier molecular flexibility index (Phi) is 9.38. The Morgan fingerprint density at radius 2 is 1.77 bits per heavy atom. The molecule has 2 amide bonds. The molecule has 2 atom stereocenters. The Morgan fingerprint density at radius 1 is 1.08 bits per heavy atom. The average Bonchev–Trinajstić information content (AvgIpc) is 3.38. The molecule has 39 heavy (non-hydrogen) atoms. The fourth-order valence-electron chi connectivity index (χ4n) is 6.06. The number of anilines is 1. The maximum atomic E-state index is 13.9. The smallest absolute Gasteiger partial charge is 0.323 e. The number of fused-ring (bicyclic) bond motifs is 1. The zero-order valence-corrected chi connectivity index (χ0v) is 22.6. The van der Waals surface area contributed by atoms with Crippen molar-refractivity contribution in [2.45, 2.75) is 70.8 Å². The van der Waals surface area contributed by atoms with Gasteiger partial charge in [-0.1, -0.05) is 61.4 Å². The molecule has 1 fully saturated rings. The number of carboxylic acid groups (broad SMARTS) is 1. The van der Waals surface area contributed by atoms with Gasteiger partial charge in [0, 0.05) is 5.69 Å². The highest BCUT2D eigenvalue weighted by Crippen LogP contribution is 2.45. The molecule has 0 bridgehead atoms. The van der Waals surface area contributed by atoms with Crippen LogP contribution in [-0.4, -0.2) is 48.1 Å². The summed E-state index contributed by atoms with van der Waals surface area (Å²) >= 11 is 0. The highest BCUT2D eigenvalue weighted by atomic mass is 16.5. The topological polar surface area (TPSA) is 113 Å². The molecule has 1 aliphatic carbocycles. The van der Waals surface area contributed by atoms with Gasteiger partial charge < -0.3 is 15.2 Å². The van der Waals surface area contributed by atoms with E-state index in [0.717, 1.165) is 24.0 Å². The third-order valence-electron chi connectivity index (χ3n) is 8.07. The van der Waals surface area contributed by atoms with Gasteiger partial charge in [0.2, 0.25) is 11.8 Å². The summed E-state index contributed by atoms with van der Waals surface area (Å²) in [5, 5.41) is 12.5. The number of carboxylic acids is 1. The molecule has 0 radical (unpaired) electrons. The number of benzene rings is 2. The Hall–Kier alpha value is -3.68. The van der Waals surface area contributed by atoms with E-state index in [1.54, 1.807) is 19.1 Å². The van der Waals surface area contributed by atoms with E-state index in [9.17, 15) is 24.3 Å². The third kappa shape index (κ3) is 6.85. The van der Waals surface area contributed by atoms with E-state index >= 15 is 0 Å². The molecule has 0 saturated heterocycles. The van der Waals surface area contributed by atoms with Crippen LogP contribution in [0.5, 0.6) is 0 Å². The molecule has 208 valence electrons. The zero-order chi connectivity index (χ0) is 27.8. The van der Waals surface area contributed by atoms with E-state index in [1.165, 1.54) is 4.90 Å². The van der Waals surface area contributed by atoms with E-state index in [4.69, 9.17) is 4.74 Å². The number of carbonyl (C=O) groups is 4. The largest absolute Gasteiger partial charge is 0.480 e. The molecule has 2 aromatic carbocycles. The van der Waals surface area contributed by atoms with Crippen molar-refractivity contribution >= 4 is 29.4 Å². The summed E-state index contributed by atoms with van der Waals surface area (Å²) in [6.45, 7) is 1.58. The van der Waals surface area contributed by atoms with Crippen LogP contribution in [0.3, 0.4) is 0 Å². The van der Waals surface area contributed by atoms with E-state index in [0.29, 0.717) is 50.6 Å². The monoisotopic (exact) mass is 534 g/mol. The van der Waals surface area contributed by atoms with Crippen LogP contribution in [-0.2, 0) is 36.8 Å². The predicted octanol–water partition coefficient (Wildman–Crippen LogP) is 4.30. The molecule has 0 aromatic heterocycles.